The molecule has 106 valence electrons. The Morgan fingerprint density at radius 2 is 1.85 bits per heavy atom. The van der Waals surface area contributed by atoms with E-state index >= 15 is 0 Å². The minimum atomic E-state index is -0.212. The van der Waals surface area contributed by atoms with Crippen molar-refractivity contribution in [1.29, 1.82) is 0 Å². The average molecular weight is 273 g/mol. The summed E-state index contributed by atoms with van der Waals surface area (Å²) in [5.74, 6) is 0.887. The molecular weight excluding hydrogens is 254 g/mol. The van der Waals surface area contributed by atoms with Gasteiger partial charge >= 0.3 is 0 Å². The Morgan fingerprint density at radius 3 is 2.50 bits per heavy atom. The van der Waals surface area contributed by atoms with Gasteiger partial charge in [0.05, 0.1) is 18.1 Å². The van der Waals surface area contributed by atoms with Crippen LogP contribution in [0.1, 0.15) is 13.8 Å². The van der Waals surface area contributed by atoms with Crippen LogP contribution in [0.4, 0.5) is 5.82 Å². The van der Waals surface area contributed by atoms with Gasteiger partial charge in [-0.25, -0.2) is 4.98 Å². The highest BCUT2D eigenvalue weighted by atomic mass is 16.3. The number of nitrogens with one attached hydrogen (secondary N) is 1. The van der Waals surface area contributed by atoms with Crippen LogP contribution in [-0.2, 0) is 0 Å². The summed E-state index contributed by atoms with van der Waals surface area (Å²) in [6.45, 7) is 4.65. The van der Waals surface area contributed by atoms with Gasteiger partial charge in [0.15, 0.2) is 0 Å². The molecule has 0 unspecified atom stereocenters. The van der Waals surface area contributed by atoms with Crippen molar-refractivity contribution < 1.29 is 10.2 Å². The van der Waals surface area contributed by atoms with E-state index < -0.39 is 0 Å². The van der Waals surface area contributed by atoms with Crippen molar-refractivity contribution in [1.82, 2.24) is 9.97 Å². The van der Waals surface area contributed by atoms with Gasteiger partial charge in [0.1, 0.15) is 11.6 Å². The lowest BCUT2D eigenvalue weighted by Crippen LogP contribution is -2.27. The number of anilines is 1. The van der Waals surface area contributed by atoms with E-state index in [2.05, 4.69) is 15.3 Å². The molecule has 0 radical (unpaired) electrons. The topological polar surface area (TPSA) is 78.3 Å². The molecule has 0 aliphatic rings. The Bertz CT molecular complexity index is 568. The summed E-state index contributed by atoms with van der Waals surface area (Å²) in [4.78, 5) is 8.63. The highest BCUT2D eigenvalue weighted by Gasteiger charge is 2.16. The molecule has 0 bridgehead atoms. The van der Waals surface area contributed by atoms with Gasteiger partial charge in [0.25, 0.3) is 0 Å². The molecule has 2 aromatic rings. The number of benzene rings is 1. The molecule has 1 aromatic carbocycles. The second kappa shape index (κ2) is 5.88. The summed E-state index contributed by atoms with van der Waals surface area (Å²) in [5, 5.41) is 21.7. The standard InChI is InChI=1S/C15H19N3O2/c1-15(2,10-19)9-17-14-8-16-7-13(18-14)11-3-5-12(20)6-4-11/h3-8,19-20H,9-10H2,1-2H3,(H,17,18). The Hall–Kier alpha value is -2.14. The quantitative estimate of drug-likeness (QED) is 0.779. The van der Waals surface area contributed by atoms with E-state index in [-0.39, 0.29) is 17.8 Å². The first-order valence-electron chi connectivity index (χ1n) is 6.46. The van der Waals surface area contributed by atoms with E-state index in [4.69, 9.17) is 0 Å². The lowest BCUT2D eigenvalue weighted by molar-refractivity contribution is 0.170. The number of hydrogen-bond donors (Lipinski definition) is 3. The maximum Gasteiger partial charge on any atom is 0.145 e. The third-order valence-corrected chi connectivity index (χ3v) is 2.97. The number of aromatic hydroxyl groups is 1. The van der Waals surface area contributed by atoms with Gasteiger partial charge in [-0.1, -0.05) is 13.8 Å². The second-order valence-electron chi connectivity index (χ2n) is 5.51. The number of aliphatic hydroxyl groups excluding tert-OH is 1. The monoisotopic (exact) mass is 273 g/mol. The molecule has 5 nitrogen and oxygen atoms in total. The van der Waals surface area contributed by atoms with Gasteiger partial charge in [-0.15, -0.1) is 0 Å². The van der Waals surface area contributed by atoms with Crippen LogP contribution in [0.3, 0.4) is 0 Å². The summed E-state index contributed by atoms with van der Waals surface area (Å²) in [7, 11) is 0. The number of rotatable bonds is 5. The van der Waals surface area contributed by atoms with Crippen LogP contribution in [0.5, 0.6) is 5.75 Å². The number of hydrogen-bond acceptors (Lipinski definition) is 5. The molecule has 0 atom stereocenters. The van der Waals surface area contributed by atoms with Gasteiger partial charge < -0.3 is 15.5 Å². The molecule has 0 spiro atoms. The maximum atomic E-state index is 9.29. The van der Waals surface area contributed by atoms with E-state index in [0.717, 1.165) is 11.3 Å². The molecule has 0 saturated heterocycles. The minimum absolute atomic E-state index is 0.102. The molecular formula is C15H19N3O2. The second-order valence-corrected chi connectivity index (χ2v) is 5.51. The summed E-state index contributed by atoms with van der Waals surface area (Å²) in [5.41, 5.74) is 1.41. The van der Waals surface area contributed by atoms with Gasteiger partial charge in [0, 0.05) is 24.1 Å². The zero-order valence-corrected chi connectivity index (χ0v) is 11.7. The van der Waals surface area contributed by atoms with Gasteiger partial charge in [-0.3, -0.25) is 4.98 Å². The molecule has 2 rings (SSSR count). The fourth-order valence-corrected chi connectivity index (χ4v) is 1.61. The van der Waals surface area contributed by atoms with E-state index in [9.17, 15) is 10.2 Å². The van der Waals surface area contributed by atoms with Gasteiger partial charge in [0.2, 0.25) is 0 Å². The molecule has 0 amide bonds. The van der Waals surface area contributed by atoms with Crippen LogP contribution < -0.4 is 5.32 Å². The molecule has 1 heterocycles. The predicted octanol–water partition coefficient (Wildman–Crippen LogP) is 2.28. The summed E-state index contributed by atoms with van der Waals surface area (Å²) in [6, 6.07) is 6.82. The molecule has 1 aromatic heterocycles. The predicted molar refractivity (Wildman–Crippen MR) is 78.5 cm³/mol. The van der Waals surface area contributed by atoms with E-state index in [0.29, 0.717) is 12.4 Å². The fourth-order valence-electron chi connectivity index (χ4n) is 1.61. The normalized spacial score (nSPS) is 11.3. The number of nitrogens with zero attached hydrogens (tertiary/aromatic N) is 2. The zero-order chi connectivity index (χ0) is 14.6. The first-order valence-corrected chi connectivity index (χ1v) is 6.46. The lowest BCUT2D eigenvalue weighted by Gasteiger charge is -2.22. The minimum Gasteiger partial charge on any atom is -0.508 e. The Balaban J connectivity index is 2.14. The maximum absolute atomic E-state index is 9.29. The van der Waals surface area contributed by atoms with Crippen molar-refractivity contribution in [2.24, 2.45) is 5.41 Å². The molecule has 20 heavy (non-hydrogen) atoms. The van der Waals surface area contributed by atoms with Crippen LogP contribution >= 0.6 is 0 Å². The number of phenols is 1. The van der Waals surface area contributed by atoms with Crippen molar-refractivity contribution in [3.8, 4) is 17.0 Å². The van der Waals surface area contributed by atoms with Crippen LogP contribution in [0.25, 0.3) is 11.3 Å². The first kappa shape index (κ1) is 14.3. The first-order chi connectivity index (χ1) is 9.50. The molecule has 0 aliphatic heterocycles. The highest BCUT2D eigenvalue weighted by Crippen LogP contribution is 2.21. The van der Waals surface area contributed by atoms with E-state index in [1.807, 2.05) is 13.8 Å². The average Bonchev–Trinajstić information content (AvgIpc) is 2.46. The smallest absolute Gasteiger partial charge is 0.145 e. The van der Waals surface area contributed by atoms with Crippen molar-refractivity contribution in [3.63, 3.8) is 0 Å². The largest absolute Gasteiger partial charge is 0.508 e. The third-order valence-electron chi connectivity index (χ3n) is 2.97. The Kier molecular flexibility index (Phi) is 4.20. The van der Waals surface area contributed by atoms with Crippen molar-refractivity contribution in [2.75, 3.05) is 18.5 Å². The summed E-state index contributed by atoms with van der Waals surface area (Å²) in [6.07, 6.45) is 3.33. The fraction of sp³-hybridized carbons (Fsp3) is 0.333. The van der Waals surface area contributed by atoms with Crippen LogP contribution in [0.2, 0.25) is 0 Å². The molecule has 3 N–H and O–H groups in total. The van der Waals surface area contributed by atoms with E-state index in [1.165, 1.54) is 0 Å². The Morgan fingerprint density at radius 1 is 1.15 bits per heavy atom. The molecule has 0 fully saturated rings. The molecule has 5 heteroatoms. The SMILES string of the molecule is CC(C)(CO)CNc1cncc(-c2ccc(O)cc2)n1. The van der Waals surface area contributed by atoms with Crippen molar-refractivity contribution in [3.05, 3.63) is 36.7 Å². The summed E-state index contributed by atoms with van der Waals surface area (Å²) < 4.78 is 0. The zero-order valence-electron chi connectivity index (χ0n) is 11.7. The van der Waals surface area contributed by atoms with Gasteiger partial charge in [-0.2, -0.15) is 0 Å². The number of phenolic OH excluding ortho intramolecular Hbond substituents is 1. The number of aliphatic hydroxyl groups is 1. The lowest BCUT2D eigenvalue weighted by atomic mass is 9.95. The van der Waals surface area contributed by atoms with Crippen molar-refractivity contribution in [2.45, 2.75) is 13.8 Å². The van der Waals surface area contributed by atoms with Crippen LogP contribution in [0.15, 0.2) is 36.7 Å². The Labute approximate surface area is 118 Å². The van der Waals surface area contributed by atoms with Crippen LogP contribution in [0, 0.1) is 5.41 Å². The third kappa shape index (κ3) is 3.68. The molecule has 0 saturated carbocycles. The summed E-state index contributed by atoms with van der Waals surface area (Å²) >= 11 is 0. The van der Waals surface area contributed by atoms with Crippen molar-refractivity contribution >= 4 is 5.82 Å². The molecule has 0 aliphatic carbocycles. The van der Waals surface area contributed by atoms with Gasteiger partial charge in [-0.05, 0) is 24.3 Å². The van der Waals surface area contributed by atoms with E-state index in [1.54, 1.807) is 36.7 Å². The number of aromatic nitrogens is 2. The highest BCUT2D eigenvalue weighted by molar-refractivity contribution is 5.60. The van der Waals surface area contributed by atoms with Crippen LogP contribution in [-0.4, -0.2) is 33.3 Å².